The van der Waals surface area contributed by atoms with Gasteiger partial charge in [0.25, 0.3) is 0 Å². The van der Waals surface area contributed by atoms with Crippen LogP contribution in [0.4, 0.5) is 9.59 Å². The highest BCUT2D eigenvalue weighted by Gasteiger charge is 2.21. The van der Waals surface area contributed by atoms with Gasteiger partial charge in [-0.3, -0.25) is 9.59 Å². The molecule has 0 saturated carbocycles. The van der Waals surface area contributed by atoms with Crippen molar-refractivity contribution in [1.29, 1.82) is 0 Å². The maximum atomic E-state index is 12.0. The first kappa shape index (κ1) is 35.4. The van der Waals surface area contributed by atoms with Crippen LogP contribution >= 0.6 is 0 Å². The summed E-state index contributed by atoms with van der Waals surface area (Å²) in [4.78, 5) is 47.5. The SMILES string of the molecule is C[C@H](NC(=O)OC(C)(C)C)C(=O)NCCCNCCCCNCCCNC(=O)[C@H](C)NC(=O)OC(C)(C)C. The van der Waals surface area contributed by atoms with Gasteiger partial charge in [-0.1, -0.05) is 0 Å². The van der Waals surface area contributed by atoms with Gasteiger partial charge in [0.05, 0.1) is 0 Å². The Morgan fingerprint density at radius 3 is 1.18 bits per heavy atom. The number of unbranched alkanes of at least 4 members (excludes halogenated alkanes) is 1. The minimum Gasteiger partial charge on any atom is -0.444 e. The lowest BCUT2D eigenvalue weighted by Gasteiger charge is -2.21. The standard InChI is InChI=1S/C26H52N6O6/c1-19(31-23(35)37-25(3,4)5)21(33)29-17-11-15-27-13-9-10-14-28-16-12-18-30-22(34)20(2)32-24(36)38-26(6,7)8/h19-20,27-28H,9-18H2,1-8H3,(H,29,33)(H,30,34)(H,31,35)(H,32,36)/t19-,20-/m0/s1. The zero-order chi connectivity index (χ0) is 29.2. The number of rotatable bonds is 17. The number of hydrogen-bond acceptors (Lipinski definition) is 8. The Kier molecular flexibility index (Phi) is 17.3. The molecule has 0 aromatic carbocycles. The summed E-state index contributed by atoms with van der Waals surface area (Å²) >= 11 is 0. The molecule has 0 aromatic heterocycles. The predicted octanol–water partition coefficient (Wildman–Crippen LogP) is 1.78. The molecule has 222 valence electrons. The lowest BCUT2D eigenvalue weighted by Crippen LogP contribution is -2.46. The van der Waals surface area contributed by atoms with Crippen LogP contribution in [0.25, 0.3) is 0 Å². The first-order valence-corrected chi connectivity index (χ1v) is 13.6. The summed E-state index contributed by atoms with van der Waals surface area (Å²) in [6, 6.07) is -1.32. The van der Waals surface area contributed by atoms with Gasteiger partial charge in [0.15, 0.2) is 0 Å². The van der Waals surface area contributed by atoms with Gasteiger partial charge in [-0.2, -0.15) is 0 Å². The molecule has 2 atom stereocenters. The van der Waals surface area contributed by atoms with E-state index in [1.807, 2.05) is 0 Å². The molecular formula is C26H52N6O6. The molecule has 0 radical (unpaired) electrons. The van der Waals surface area contributed by atoms with Crippen molar-refractivity contribution in [2.24, 2.45) is 0 Å². The Balaban J connectivity index is 3.60. The fourth-order valence-electron chi connectivity index (χ4n) is 3.01. The van der Waals surface area contributed by atoms with E-state index in [1.54, 1.807) is 55.4 Å². The van der Waals surface area contributed by atoms with Crippen molar-refractivity contribution in [2.45, 2.75) is 104 Å². The fourth-order valence-corrected chi connectivity index (χ4v) is 3.01. The van der Waals surface area contributed by atoms with Crippen molar-refractivity contribution >= 4 is 24.0 Å². The molecule has 0 fully saturated rings. The Morgan fingerprint density at radius 2 is 0.868 bits per heavy atom. The summed E-state index contributed by atoms with van der Waals surface area (Å²) in [6.45, 7) is 18.3. The monoisotopic (exact) mass is 544 g/mol. The maximum Gasteiger partial charge on any atom is 0.408 e. The van der Waals surface area contributed by atoms with Gasteiger partial charge in [0.2, 0.25) is 11.8 Å². The predicted molar refractivity (Wildman–Crippen MR) is 148 cm³/mol. The molecule has 12 heteroatoms. The van der Waals surface area contributed by atoms with E-state index < -0.39 is 35.5 Å². The van der Waals surface area contributed by atoms with Crippen LogP contribution in [0.15, 0.2) is 0 Å². The average Bonchev–Trinajstić information content (AvgIpc) is 2.76. The number of nitrogens with one attached hydrogen (secondary N) is 6. The molecule has 12 nitrogen and oxygen atoms in total. The number of alkyl carbamates (subject to hydrolysis) is 2. The summed E-state index contributed by atoms with van der Waals surface area (Å²) in [6.07, 6.45) is 2.42. The second kappa shape index (κ2) is 18.6. The molecule has 0 heterocycles. The van der Waals surface area contributed by atoms with E-state index in [0.717, 1.165) is 51.9 Å². The molecule has 0 saturated heterocycles. The van der Waals surface area contributed by atoms with Gasteiger partial charge in [-0.15, -0.1) is 0 Å². The summed E-state index contributed by atoms with van der Waals surface area (Å²) in [5, 5.41) is 17.4. The third kappa shape index (κ3) is 21.5. The highest BCUT2D eigenvalue weighted by atomic mass is 16.6. The number of carbonyl (C=O) groups excluding carboxylic acids is 4. The number of ether oxygens (including phenoxy) is 2. The molecule has 0 aliphatic rings. The van der Waals surface area contributed by atoms with Crippen LogP contribution in [0.2, 0.25) is 0 Å². The van der Waals surface area contributed by atoms with Crippen molar-refractivity contribution in [1.82, 2.24) is 31.9 Å². The lowest BCUT2D eigenvalue weighted by molar-refractivity contribution is -0.123. The minimum absolute atomic E-state index is 0.242. The topological polar surface area (TPSA) is 159 Å². The van der Waals surface area contributed by atoms with Gasteiger partial charge in [0, 0.05) is 13.1 Å². The van der Waals surface area contributed by atoms with Crippen LogP contribution in [0, 0.1) is 0 Å². The Morgan fingerprint density at radius 1 is 0.553 bits per heavy atom. The van der Waals surface area contributed by atoms with E-state index in [-0.39, 0.29) is 11.8 Å². The van der Waals surface area contributed by atoms with Gasteiger partial charge < -0.3 is 41.4 Å². The second-order valence-electron chi connectivity index (χ2n) is 11.2. The van der Waals surface area contributed by atoms with Gasteiger partial charge in [-0.25, -0.2) is 9.59 Å². The molecule has 0 aromatic rings. The van der Waals surface area contributed by atoms with Crippen LogP contribution in [0.1, 0.15) is 81.1 Å². The first-order chi connectivity index (χ1) is 17.6. The number of hydrogen-bond donors (Lipinski definition) is 6. The van der Waals surface area contributed by atoms with Crippen LogP contribution < -0.4 is 31.9 Å². The molecule has 0 spiro atoms. The van der Waals surface area contributed by atoms with Gasteiger partial charge in [0.1, 0.15) is 23.3 Å². The summed E-state index contributed by atoms with van der Waals surface area (Å²) in [5.41, 5.74) is -1.21. The van der Waals surface area contributed by atoms with E-state index in [4.69, 9.17) is 9.47 Å². The highest BCUT2D eigenvalue weighted by molar-refractivity contribution is 5.85. The van der Waals surface area contributed by atoms with E-state index >= 15 is 0 Å². The van der Waals surface area contributed by atoms with Crippen molar-refractivity contribution in [3.05, 3.63) is 0 Å². The smallest absolute Gasteiger partial charge is 0.408 e. The van der Waals surface area contributed by atoms with Gasteiger partial charge >= 0.3 is 12.2 Å². The average molecular weight is 545 g/mol. The molecule has 0 aliphatic carbocycles. The zero-order valence-electron chi connectivity index (χ0n) is 24.7. The Labute approximate surface area is 228 Å². The highest BCUT2D eigenvalue weighted by Crippen LogP contribution is 2.07. The molecule has 0 aliphatic heterocycles. The Hall–Kier alpha value is -2.60. The summed E-state index contributed by atoms with van der Waals surface area (Å²) in [5.74, 6) is -0.484. The normalized spacial score (nSPS) is 13.2. The molecule has 0 bridgehead atoms. The lowest BCUT2D eigenvalue weighted by atomic mass is 10.2. The van der Waals surface area contributed by atoms with Crippen molar-refractivity contribution in [3.8, 4) is 0 Å². The third-order valence-corrected chi connectivity index (χ3v) is 4.87. The first-order valence-electron chi connectivity index (χ1n) is 13.6. The third-order valence-electron chi connectivity index (χ3n) is 4.87. The van der Waals surface area contributed by atoms with Crippen molar-refractivity contribution < 1.29 is 28.7 Å². The maximum absolute atomic E-state index is 12.0. The van der Waals surface area contributed by atoms with Crippen molar-refractivity contribution in [2.75, 3.05) is 39.3 Å². The van der Waals surface area contributed by atoms with E-state index in [0.29, 0.717) is 13.1 Å². The van der Waals surface area contributed by atoms with Crippen LogP contribution in [-0.4, -0.2) is 86.6 Å². The van der Waals surface area contributed by atoms with E-state index in [2.05, 4.69) is 31.9 Å². The molecule has 38 heavy (non-hydrogen) atoms. The number of carbonyl (C=O) groups is 4. The number of amides is 4. The zero-order valence-corrected chi connectivity index (χ0v) is 24.7. The molecular weight excluding hydrogens is 492 g/mol. The second-order valence-corrected chi connectivity index (χ2v) is 11.2. The van der Waals surface area contributed by atoms with E-state index in [9.17, 15) is 19.2 Å². The van der Waals surface area contributed by atoms with E-state index in [1.165, 1.54) is 0 Å². The molecule has 6 N–H and O–H groups in total. The Bertz CT molecular complexity index is 660. The van der Waals surface area contributed by atoms with Crippen LogP contribution in [0.3, 0.4) is 0 Å². The molecule has 0 unspecified atom stereocenters. The molecule has 4 amide bonds. The van der Waals surface area contributed by atoms with Gasteiger partial charge in [-0.05, 0) is 107 Å². The van der Waals surface area contributed by atoms with Crippen LogP contribution in [-0.2, 0) is 19.1 Å². The minimum atomic E-state index is -0.661. The quantitative estimate of drug-likeness (QED) is 0.151. The molecule has 0 rings (SSSR count). The summed E-state index contributed by atoms with van der Waals surface area (Å²) in [7, 11) is 0. The summed E-state index contributed by atoms with van der Waals surface area (Å²) < 4.78 is 10.3. The fraction of sp³-hybridized carbons (Fsp3) is 0.846. The van der Waals surface area contributed by atoms with Crippen molar-refractivity contribution in [3.63, 3.8) is 0 Å². The van der Waals surface area contributed by atoms with Crippen LogP contribution in [0.5, 0.6) is 0 Å². The largest absolute Gasteiger partial charge is 0.444 e.